The van der Waals surface area contributed by atoms with Crippen molar-refractivity contribution in [1.82, 2.24) is 0 Å². The van der Waals surface area contributed by atoms with Crippen molar-refractivity contribution in [3.8, 4) is 0 Å². The molecule has 0 aromatic carbocycles. The molecule has 1 aliphatic rings. The normalized spacial score (nSPS) is 22.9. The fraction of sp³-hybridized carbons (Fsp3) is 0.833. The van der Waals surface area contributed by atoms with Gasteiger partial charge < -0.3 is 4.74 Å². The highest BCUT2D eigenvalue weighted by molar-refractivity contribution is 7.87. The average Bonchev–Trinajstić information content (AvgIpc) is 2.46. The lowest BCUT2D eigenvalue weighted by Gasteiger charge is -2.09. The third-order valence-electron chi connectivity index (χ3n) is 1.68. The number of ether oxygens (including phenoxy) is 1. The van der Waals surface area contributed by atoms with E-state index in [1.54, 1.807) is 0 Å². The first-order valence-electron chi connectivity index (χ1n) is 3.83. The van der Waals surface area contributed by atoms with Gasteiger partial charge in [0.15, 0.2) is 0 Å². The Morgan fingerprint density at radius 2 is 2.07 bits per heavy atom. The molecule has 5 nitrogen and oxygen atoms in total. The summed E-state index contributed by atoms with van der Waals surface area (Å²) >= 11 is 0. The molecule has 1 fully saturated rings. The van der Waals surface area contributed by atoms with Crippen LogP contribution in [0.15, 0.2) is 0 Å². The van der Waals surface area contributed by atoms with E-state index in [1.165, 1.54) is 0 Å². The first-order chi connectivity index (χ1) is 6.72. The van der Waals surface area contributed by atoms with E-state index in [2.05, 4.69) is 8.92 Å². The lowest BCUT2D eigenvalue weighted by molar-refractivity contribution is -0.137. The van der Waals surface area contributed by atoms with Gasteiger partial charge in [-0.1, -0.05) is 0 Å². The van der Waals surface area contributed by atoms with E-state index < -0.39 is 34.1 Å². The summed E-state index contributed by atoms with van der Waals surface area (Å²) in [5.41, 5.74) is -5.43. The van der Waals surface area contributed by atoms with Gasteiger partial charge >= 0.3 is 21.6 Å². The lowest BCUT2D eigenvalue weighted by atomic mass is 10.1. The summed E-state index contributed by atoms with van der Waals surface area (Å²) in [4.78, 5) is 10.5. The molecule has 15 heavy (non-hydrogen) atoms. The summed E-state index contributed by atoms with van der Waals surface area (Å²) in [7, 11) is -5.57. The minimum atomic E-state index is -5.57. The Morgan fingerprint density at radius 3 is 2.47 bits per heavy atom. The Hall–Kier alpha value is -0.830. The van der Waals surface area contributed by atoms with Gasteiger partial charge in [0, 0.05) is 5.92 Å². The summed E-state index contributed by atoms with van der Waals surface area (Å²) < 4.78 is 64.3. The maximum Gasteiger partial charge on any atom is 0.523 e. The maximum absolute atomic E-state index is 11.8. The fourth-order valence-electron chi connectivity index (χ4n) is 0.924. The van der Waals surface area contributed by atoms with Crippen LogP contribution >= 0.6 is 0 Å². The van der Waals surface area contributed by atoms with Gasteiger partial charge in [-0.25, -0.2) is 0 Å². The molecule has 1 heterocycles. The molecule has 0 radical (unpaired) electrons. The molecule has 9 heteroatoms. The van der Waals surface area contributed by atoms with E-state index in [-0.39, 0.29) is 13.0 Å². The number of hydrogen-bond donors (Lipinski definition) is 0. The summed E-state index contributed by atoms with van der Waals surface area (Å²) in [6, 6.07) is 0. The Morgan fingerprint density at radius 1 is 1.47 bits per heavy atom. The molecule has 1 rings (SSSR count). The van der Waals surface area contributed by atoms with Crippen LogP contribution in [0.4, 0.5) is 13.2 Å². The molecule has 88 valence electrons. The van der Waals surface area contributed by atoms with Crippen LogP contribution in [0.25, 0.3) is 0 Å². The highest BCUT2D eigenvalue weighted by Gasteiger charge is 2.47. The SMILES string of the molecule is O=C1C[C@@H](COS(=O)(=O)C(F)(F)F)CO1. The number of halogens is 3. The molecule has 0 unspecified atom stereocenters. The third-order valence-corrected chi connectivity index (χ3v) is 2.69. The molecule has 0 spiro atoms. The number of rotatable bonds is 3. The molecule has 0 bridgehead atoms. The van der Waals surface area contributed by atoms with E-state index >= 15 is 0 Å². The second-order valence-electron chi connectivity index (χ2n) is 2.94. The molecule has 0 aromatic heterocycles. The van der Waals surface area contributed by atoms with Crippen LogP contribution in [0.5, 0.6) is 0 Å². The number of carbonyl (C=O) groups excluding carboxylic acids is 1. The van der Waals surface area contributed by atoms with Crippen molar-refractivity contribution in [2.24, 2.45) is 5.92 Å². The Bertz CT molecular complexity index is 346. The number of carbonyl (C=O) groups is 1. The summed E-state index contributed by atoms with van der Waals surface area (Å²) in [6.45, 7) is -0.820. The Kier molecular flexibility index (Phi) is 3.24. The topological polar surface area (TPSA) is 69.7 Å². The molecule has 0 aliphatic carbocycles. The molecular formula is C6H7F3O5S. The fourth-order valence-corrected chi connectivity index (χ4v) is 1.43. The number of hydrogen-bond acceptors (Lipinski definition) is 5. The second-order valence-corrected chi connectivity index (χ2v) is 4.54. The molecular weight excluding hydrogens is 241 g/mol. The summed E-state index contributed by atoms with van der Waals surface area (Å²) in [5.74, 6) is -1.22. The van der Waals surface area contributed by atoms with E-state index in [1.807, 2.05) is 0 Å². The van der Waals surface area contributed by atoms with Crippen molar-refractivity contribution in [2.75, 3.05) is 13.2 Å². The Labute approximate surface area is 83.3 Å². The average molecular weight is 248 g/mol. The highest BCUT2D eigenvalue weighted by Crippen LogP contribution is 2.26. The van der Waals surface area contributed by atoms with Gasteiger partial charge in [-0.15, -0.1) is 0 Å². The second kappa shape index (κ2) is 3.97. The van der Waals surface area contributed by atoms with Gasteiger partial charge in [0.05, 0.1) is 19.6 Å². The summed E-state index contributed by atoms with van der Waals surface area (Å²) in [6.07, 6.45) is -0.132. The third kappa shape index (κ3) is 3.06. The quantitative estimate of drug-likeness (QED) is 0.411. The number of esters is 1. The highest BCUT2D eigenvalue weighted by atomic mass is 32.2. The van der Waals surface area contributed by atoms with Gasteiger partial charge in [-0.05, 0) is 0 Å². The van der Waals surface area contributed by atoms with Crippen LogP contribution in [-0.2, 0) is 23.8 Å². The smallest absolute Gasteiger partial charge is 0.465 e. The van der Waals surface area contributed by atoms with Gasteiger partial charge in [-0.2, -0.15) is 21.6 Å². The largest absolute Gasteiger partial charge is 0.523 e. The van der Waals surface area contributed by atoms with Crippen LogP contribution in [0.1, 0.15) is 6.42 Å². The van der Waals surface area contributed by atoms with Gasteiger partial charge in [-0.3, -0.25) is 8.98 Å². The first kappa shape index (κ1) is 12.2. The van der Waals surface area contributed by atoms with Crippen molar-refractivity contribution in [3.05, 3.63) is 0 Å². The number of cyclic esters (lactones) is 1. The zero-order valence-electron chi connectivity index (χ0n) is 7.28. The molecule has 1 aliphatic heterocycles. The lowest BCUT2D eigenvalue weighted by Crippen LogP contribution is -2.27. The van der Waals surface area contributed by atoms with Crippen molar-refractivity contribution < 1.29 is 35.3 Å². The first-order valence-corrected chi connectivity index (χ1v) is 5.24. The van der Waals surface area contributed by atoms with E-state index in [9.17, 15) is 26.4 Å². The number of alkyl halides is 3. The zero-order valence-corrected chi connectivity index (χ0v) is 8.10. The molecule has 0 amide bonds. The van der Waals surface area contributed by atoms with E-state index in [0.717, 1.165) is 0 Å². The predicted molar refractivity (Wildman–Crippen MR) is 40.0 cm³/mol. The van der Waals surface area contributed by atoms with Crippen molar-refractivity contribution in [1.29, 1.82) is 0 Å². The van der Waals surface area contributed by atoms with Crippen molar-refractivity contribution in [2.45, 2.75) is 11.9 Å². The van der Waals surface area contributed by atoms with E-state index in [0.29, 0.717) is 0 Å². The molecule has 0 saturated carbocycles. The van der Waals surface area contributed by atoms with Crippen LogP contribution in [0.2, 0.25) is 0 Å². The van der Waals surface area contributed by atoms with Gasteiger partial charge in [0.2, 0.25) is 0 Å². The van der Waals surface area contributed by atoms with Crippen molar-refractivity contribution in [3.63, 3.8) is 0 Å². The van der Waals surface area contributed by atoms with E-state index in [4.69, 9.17) is 0 Å². The zero-order chi connectivity index (χ0) is 11.7. The molecule has 1 saturated heterocycles. The molecule has 0 N–H and O–H groups in total. The molecule has 0 aromatic rings. The van der Waals surface area contributed by atoms with Crippen LogP contribution in [0.3, 0.4) is 0 Å². The maximum atomic E-state index is 11.8. The monoisotopic (exact) mass is 248 g/mol. The van der Waals surface area contributed by atoms with Gasteiger partial charge in [0.25, 0.3) is 0 Å². The minimum absolute atomic E-state index is 0.119. The van der Waals surface area contributed by atoms with Crippen LogP contribution in [-0.4, -0.2) is 33.1 Å². The van der Waals surface area contributed by atoms with Crippen molar-refractivity contribution >= 4 is 16.1 Å². The summed E-state index contributed by atoms with van der Waals surface area (Å²) in [5, 5.41) is 0. The Balaban J connectivity index is 2.47. The predicted octanol–water partition coefficient (Wildman–Crippen LogP) is 0.416. The minimum Gasteiger partial charge on any atom is -0.465 e. The van der Waals surface area contributed by atoms with Gasteiger partial charge in [0.1, 0.15) is 0 Å². The molecule has 1 atom stereocenters. The van der Waals surface area contributed by atoms with Crippen LogP contribution < -0.4 is 0 Å². The van der Waals surface area contributed by atoms with Crippen LogP contribution in [0, 0.1) is 5.92 Å². The standard InChI is InChI=1S/C6H7F3O5S/c7-6(8,9)15(11,12)14-3-4-1-5(10)13-2-4/h4H,1-3H2/t4-/m1/s1.